The van der Waals surface area contributed by atoms with Crippen LogP contribution in [0.4, 0.5) is 0 Å². The van der Waals surface area contributed by atoms with E-state index >= 15 is 0 Å². The van der Waals surface area contributed by atoms with E-state index in [0.29, 0.717) is 19.3 Å². The van der Waals surface area contributed by atoms with Gasteiger partial charge in [0.25, 0.3) is 0 Å². The molecule has 31 heavy (non-hydrogen) atoms. The third kappa shape index (κ3) is 53.2. The Morgan fingerprint density at radius 1 is 0.419 bits per heavy atom. The Morgan fingerprint density at radius 2 is 0.613 bits per heavy atom. The molecule has 3 N–H and O–H groups in total. The maximum atomic E-state index is 10.0. The summed E-state index contributed by atoms with van der Waals surface area (Å²) in [6.45, 7) is 6.45. The van der Waals surface area contributed by atoms with Gasteiger partial charge in [-0.1, -0.05) is 97.8 Å². The van der Waals surface area contributed by atoms with Crippen LogP contribution in [0.25, 0.3) is 0 Å². The molecule has 0 unspecified atom stereocenters. The van der Waals surface area contributed by atoms with Crippen LogP contribution < -0.4 is 0 Å². The minimum atomic E-state index is -0.670. The molecule has 0 aliphatic carbocycles. The molecule has 0 aromatic heterocycles. The van der Waals surface area contributed by atoms with Crippen molar-refractivity contribution in [3.63, 3.8) is 0 Å². The van der Waals surface area contributed by atoms with Gasteiger partial charge < -0.3 is 15.3 Å². The second-order valence-electron chi connectivity index (χ2n) is 7.67. The first-order valence-electron chi connectivity index (χ1n) is 12.0. The zero-order valence-corrected chi connectivity index (χ0v) is 22.3. The van der Waals surface area contributed by atoms with Crippen LogP contribution in [0.15, 0.2) is 0 Å². The summed E-state index contributed by atoms with van der Waals surface area (Å²) in [5.74, 6) is -2.01. The smallest absolute Gasteiger partial charge is 0.303 e. The van der Waals surface area contributed by atoms with E-state index in [2.05, 4.69) is 20.8 Å². The summed E-state index contributed by atoms with van der Waals surface area (Å²) in [6, 6.07) is 0. The Balaban J connectivity index is -0.000000174. The van der Waals surface area contributed by atoms with E-state index in [9.17, 15) is 14.4 Å². The van der Waals surface area contributed by atoms with Gasteiger partial charge in [-0.05, 0) is 19.3 Å². The second kappa shape index (κ2) is 34.3. The predicted octanol–water partition coefficient (Wildman–Crippen LogP) is 7.29. The number of carboxylic acid groups (broad SMARTS) is 3. The van der Waals surface area contributed by atoms with Gasteiger partial charge in [0.1, 0.15) is 0 Å². The van der Waals surface area contributed by atoms with E-state index in [1.807, 2.05) is 0 Å². The first kappa shape index (κ1) is 38.0. The molecule has 6 nitrogen and oxygen atoms in total. The van der Waals surface area contributed by atoms with Crippen LogP contribution in [0.1, 0.15) is 136 Å². The van der Waals surface area contributed by atoms with Crippen molar-refractivity contribution in [2.75, 3.05) is 0 Å². The van der Waals surface area contributed by atoms with Crippen LogP contribution in [0.5, 0.6) is 0 Å². The SMILES string of the molecule is CCCCCCCC(=O)O.CCCCCCCC(=O)O.CCCCCCCC(=O)O.[Tb]. The molecular weight excluding hydrogens is 543 g/mol. The van der Waals surface area contributed by atoms with Gasteiger partial charge >= 0.3 is 17.9 Å². The van der Waals surface area contributed by atoms with E-state index in [1.54, 1.807) is 0 Å². The van der Waals surface area contributed by atoms with Crippen LogP contribution >= 0.6 is 0 Å². The predicted molar refractivity (Wildman–Crippen MR) is 123 cm³/mol. The third-order valence-electron chi connectivity index (χ3n) is 4.48. The summed E-state index contributed by atoms with van der Waals surface area (Å²) in [5, 5.41) is 24.8. The van der Waals surface area contributed by atoms with Gasteiger partial charge in [0.05, 0.1) is 0 Å². The number of carbonyl (C=O) groups is 3. The van der Waals surface area contributed by atoms with Gasteiger partial charge in [0.15, 0.2) is 0 Å². The van der Waals surface area contributed by atoms with Gasteiger partial charge in [0, 0.05) is 57.9 Å². The van der Waals surface area contributed by atoms with E-state index in [-0.39, 0.29) is 38.6 Å². The zero-order chi connectivity index (χ0) is 23.5. The average Bonchev–Trinajstić information content (AvgIpc) is 2.68. The molecule has 0 aliphatic rings. The van der Waals surface area contributed by atoms with E-state index in [1.165, 1.54) is 57.8 Å². The molecule has 1 radical (unpaired) electrons. The van der Waals surface area contributed by atoms with Crippen molar-refractivity contribution >= 4 is 17.9 Å². The number of hydrogen-bond acceptors (Lipinski definition) is 3. The van der Waals surface area contributed by atoms with E-state index in [4.69, 9.17) is 15.3 Å². The average molecular weight is 592 g/mol. The number of unbranched alkanes of at least 4 members (excludes halogenated alkanes) is 12. The van der Waals surface area contributed by atoms with Crippen LogP contribution in [-0.2, 0) is 14.4 Å². The van der Waals surface area contributed by atoms with Crippen molar-refractivity contribution in [1.29, 1.82) is 0 Å². The van der Waals surface area contributed by atoms with Crippen LogP contribution in [0.2, 0.25) is 0 Å². The minimum absolute atomic E-state index is 0. The van der Waals surface area contributed by atoms with Crippen molar-refractivity contribution in [2.45, 2.75) is 136 Å². The molecule has 0 aromatic rings. The molecule has 0 aromatic carbocycles. The topological polar surface area (TPSA) is 112 Å². The minimum Gasteiger partial charge on any atom is -0.481 e. The maximum absolute atomic E-state index is 10.0. The summed E-state index contributed by atoms with van der Waals surface area (Å²) < 4.78 is 0. The molecule has 189 valence electrons. The second-order valence-corrected chi connectivity index (χ2v) is 7.67. The zero-order valence-electron chi connectivity index (χ0n) is 20.1. The molecule has 0 saturated carbocycles. The summed E-state index contributed by atoms with van der Waals surface area (Å²) >= 11 is 0. The van der Waals surface area contributed by atoms with E-state index in [0.717, 1.165) is 38.5 Å². The summed E-state index contributed by atoms with van der Waals surface area (Å²) in [7, 11) is 0. The fraction of sp³-hybridized carbons (Fsp3) is 0.875. The maximum Gasteiger partial charge on any atom is 0.303 e. The van der Waals surface area contributed by atoms with Crippen molar-refractivity contribution in [2.24, 2.45) is 0 Å². The molecule has 0 fully saturated rings. The monoisotopic (exact) mass is 591 g/mol. The van der Waals surface area contributed by atoms with Gasteiger partial charge in [-0.25, -0.2) is 0 Å². The third-order valence-corrected chi connectivity index (χ3v) is 4.48. The van der Waals surface area contributed by atoms with E-state index < -0.39 is 17.9 Å². The Labute approximate surface area is 221 Å². The van der Waals surface area contributed by atoms with Crippen LogP contribution in [0.3, 0.4) is 0 Å². The Morgan fingerprint density at radius 3 is 0.774 bits per heavy atom. The Kier molecular flexibility index (Phi) is 42.0. The molecule has 0 saturated heterocycles. The molecule has 0 aliphatic heterocycles. The fourth-order valence-electron chi connectivity index (χ4n) is 2.64. The molecule has 0 amide bonds. The number of hydrogen-bond donors (Lipinski definition) is 3. The van der Waals surface area contributed by atoms with Crippen molar-refractivity contribution in [1.82, 2.24) is 0 Å². The summed E-state index contributed by atoms with van der Waals surface area (Å²) in [4.78, 5) is 30.1. The van der Waals surface area contributed by atoms with Gasteiger partial charge in [0.2, 0.25) is 0 Å². The quantitative estimate of drug-likeness (QED) is 0.144. The van der Waals surface area contributed by atoms with Gasteiger partial charge in [-0.15, -0.1) is 0 Å². The number of rotatable bonds is 18. The van der Waals surface area contributed by atoms with Crippen LogP contribution in [0, 0.1) is 38.6 Å². The fourth-order valence-corrected chi connectivity index (χ4v) is 2.64. The van der Waals surface area contributed by atoms with Crippen molar-refractivity contribution in [3.05, 3.63) is 0 Å². The summed E-state index contributed by atoms with van der Waals surface area (Å²) in [6.07, 6.45) is 17.7. The molecule has 0 atom stereocenters. The molecule has 0 rings (SSSR count). The first-order valence-corrected chi connectivity index (χ1v) is 12.0. The largest absolute Gasteiger partial charge is 0.481 e. The Hall–Kier alpha value is -0.304. The number of aliphatic carboxylic acids is 3. The van der Waals surface area contributed by atoms with Crippen molar-refractivity contribution in [3.8, 4) is 0 Å². The molecule has 0 bridgehead atoms. The van der Waals surface area contributed by atoms with Crippen molar-refractivity contribution < 1.29 is 68.3 Å². The normalized spacial score (nSPS) is 9.39. The summed E-state index contributed by atoms with van der Waals surface area (Å²) in [5.41, 5.74) is 0. The number of carboxylic acids is 3. The molecule has 0 spiro atoms. The van der Waals surface area contributed by atoms with Gasteiger partial charge in [-0.2, -0.15) is 0 Å². The molecular formula is C24H48O6Tb. The Bertz CT molecular complexity index is 331. The molecule has 7 heteroatoms. The molecule has 0 heterocycles. The standard InChI is InChI=1S/3C8H16O2.Tb/c3*1-2-3-4-5-6-7-8(9)10;/h3*2-7H2,1H3,(H,9,10);. The van der Waals surface area contributed by atoms with Gasteiger partial charge in [-0.3, -0.25) is 14.4 Å². The van der Waals surface area contributed by atoms with Crippen LogP contribution in [-0.4, -0.2) is 33.2 Å². The first-order chi connectivity index (χ1) is 14.3.